The summed E-state index contributed by atoms with van der Waals surface area (Å²) in [6, 6.07) is 9.92. The smallest absolute Gasteiger partial charge is 0.417 e. The van der Waals surface area contributed by atoms with Crippen LogP contribution in [0.15, 0.2) is 48.7 Å². The minimum absolute atomic E-state index is 0.0289. The number of fused-ring (bicyclic) bond motifs is 1. The lowest BCUT2D eigenvalue weighted by Crippen LogP contribution is -2.29. The standard InChI is InChI=1S/C21H16F4N2O3/c1-12-6-7-13(8-16(12)22)9-27-18(28)11-30-20(29)15-10-26-17-5-3-2-4-14(17)19(15)21(23,24)25/h2-8,10H,9,11H2,1H3,(H,27,28). The SMILES string of the molecule is Cc1ccc(CNC(=O)COC(=O)c2cnc3ccccc3c2C(F)(F)F)cc1F. The number of alkyl halides is 3. The fourth-order valence-corrected chi connectivity index (χ4v) is 2.81. The molecule has 1 N–H and O–H groups in total. The number of carbonyl (C=O) groups excluding carboxylic acids is 2. The van der Waals surface area contributed by atoms with Gasteiger partial charge in [-0.3, -0.25) is 9.78 Å². The van der Waals surface area contributed by atoms with Gasteiger partial charge in [-0.15, -0.1) is 0 Å². The van der Waals surface area contributed by atoms with Crippen LogP contribution in [0.3, 0.4) is 0 Å². The molecule has 0 saturated heterocycles. The molecule has 0 aliphatic heterocycles. The van der Waals surface area contributed by atoms with Gasteiger partial charge < -0.3 is 10.1 Å². The number of halogens is 4. The maximum Gasteiger partial charge on any atom is 0.417 e. The largest absolute Gasteiger partial charge is 0.452 e. The molecule has 0 fully saturated rings. The fourth-order valence-electron chi connectivity index (χ4n) is 2.81. The lowest BCUT2D eigenvalue weighted by molar-refractivity contribution is -0.136. The van der Waals surface area contributed by atoms with Crippen molar-refractivity contribution in [3.05, 3.63) is 76.7 Å². The molecule has 0 aliphatic rings. The third-order valence-electron chi connectivity index (χ3n) is 4.34. The van der Waals surface area contributed by atoms with E-state index in [4.69, 9.17) is 4.74 Å². The Morgan fingerprint density at radius 3 is 2.57 bits per heavy atom. The van der Waals surface area contributed by atoms with Gasteiger partial charge >= 0.3 is 12.1 Å². The second-order valence-corrected chi connectivity index (χ2v) is 6.50. The molecule has 0 radical (unpaired) electrons. The van der Waals surface area contributed by atoms with Crippen LogP contribution in [0.5, 0.6) is 0 Å². The predicted octanol–water partition coefficient (Wildman–Crippen LogP) is 4.17. The Morgan fingerprint density at radius 1 is 1.13 bits per heavy atom. The van der Waals surface area contributed by atoms with Crippen LogP contribution in [-0.4, -0.2) is 23.5 Å². The molecule has 156 valence electrons. The van der Waals surface area contributed by atoms with E-state index in [0.29, 0.717) is 11.1 Å². The second-order valence-electron chi connectivity index (χ2n) is 6.50. The molecule has 0 spiro atoms. The molecule has 9 heteroatoms. The van der Waals surface area contributed by atoms with Crippen molar-refractivity contribution in [1.82, 2.24) is 10.3 Å². The quantitative estimate of drug-likeness (QED) is 0.497. The highest BCUT2D eigenvalue weighted by atomic mass is 19.4. The second kappa shape index (κ2) is 8.48. The van der Waals surface area contributed by atoms with Gasteiger partial charge in [0.2, 0.25) is 0 Å². The van der Waals surface area contributed by atoms with E-state index in [0.717, 1.165) is 6.20 Å². The van der Waals surface area contributed by atoms with Crippen molar-refractivity contribution in [3.8, 4) is 0 Å². The first kappa shape index (κ1) is 21.2. The van der Waals surface area contributed by atoms with Gasteiger partial charge in [0.05, 0.1) is 16.6 Å². The first-order valence-corrected chi connectivity index (χ1v) is 8.80. The topological polar surface area (TPSA) is 68.3 Å². The van der Waals surface area contributed by atoms with Crippen LogP contribution in [0.1, 0.15) is 27.0 Å². The number of rotatable bonds is 5. The lowest BCUT2D eigenvalue weighted by Gasteiger charge is -2.14. The van der Waals surface area contributed by atoms with Gasteiger partial charge in [0.1, 0.15) is 5.82 Å². The fraction of sp³-hybridized carbons (Fsp3) is 0.190. The molecular formula is C21H16F4N2O3. The average molecular weight is 420 g/mol. The Morgan fingerprint density at radius 2 is 1.87 bits per heavy atom. The summed E-state index contributed by atoms with van der Waals surface area (Å²) in [5, 5.41) is 2.16. The number of amides is 1. The highest BCUT2D eigenvalue weighted by molar-refractivity contribution is 5.98. The van der Waals surface area contributed by atoms with Crippen molar-refractivity contribution < 1.29 is 31.9 Å². The molecule has 1 heterocycles. The molecular weight excluding hydrogens is 404 g/mol. The van der Waals surface area contributed by atoms with Gasteiger partial charge in [-0.1, -0.05) is 30.3 Å². The first-order chi connectivity index (χ1) is 14.2. The Hall–Kier alpha value is -3.49. The predicted molar refractivity (Wildman–Crippen MR) is 100 cm³/mol. The summed E-state index contributed by atoms with van der Waals surface area (Å²) in [6.07, 6.45) is -4.05. The van der Waals surface area contributed by atoms with Gasteiger partial charge in [-0.25, -0.2) is 9.18 Å². The molecule has 2 aromatic carbocycles. The van der Waals surface area contributed by atoms with Crippen molar-refractivity contribution in [1.29, 1.82) is 0 Å². The average Bonchev–Trinajstić information content (AvgIpc) is 2.71. The van der Waals surface area contributed by atoms with Gasteiger partial charge in [0.15, 0.2) is 6.61 Å². The molecule has 3 rings (SSSR count). The number of aryl methyl sites for hydroxylation is 1. The molecule has 0 aliphatic carbocycles. The molecule has 0 unspecified atom stereocenters. The number of esters is 1. The van der Waals surface area contributed by atoms with Crippen LogP contribution in [0, 0.1) is 12.7 Å². The van der Waals surface area contributed by atoms with Crippen molar-refractivity contribution in [2.75, 3.05) is 6.61 Å². The number of nitrogens with zero attached hydrogens (tertiary/aromatic N) is 1. The number of nitrogens with one attached hydrogen (secondary N) is 1. The van der Waals surface area contributed by atoms with Gasteiger partial charge in [-0.05, 0) is 30.2 Å². The number of carbonyl (C=O) groups is 2. The van der Waals surface area contributed by atoms with E-state index >= 15 is 0 Å². The van der Waals surface area contributed by atoms with E-state index in [2.05, 4.69) is 10.3 Å². The van der Waals surface area contributed by atoms with E-state index < -0.39 is 41.6 Å². The molecule has 1 amide bonds. The summed E-state index contributed by atoms with van der Waals surface area (Å²) in [5.74, 6) is -2.50. The van der Waals surface area contributed by atoms with Crippen molar-refractivity contribution in [3.63, 3.8) is 0 Å². The van der Waals surface area contributed by atoms with Crippen LogP contribution >= 0.6 is 0 Å². The summed E-state index contributed by atoms with van der Waals surface area (Å²) >= 11 is 0. The minimum atomic E-state index is -4.82. The molecule has 0 atom stereocenters. The Kier molecular flexibility index (Phi) is 6.00. The van der Waals surface area contributed by atoms with Crippen LogP contribution in [0.25, 0.3) is 10.9 Å². The van der Waals surface area contributed by atoms with E-state index in [9.17, 15) is 27.2 Å². The summed E-state index contributed by atoms with van der Waals surface area (Å²) in [4.78, 5) is 28.0. The van der Waals surface area contributed by atoms with Crippen LogP contribution in [-0.2, 0) is 22.3 Å². The van der Waals surface area contributed by atoms with Crippen molar-refractivity contribution in [2.45, 2.75) is 19.6 Å². The van der Waals surface area contributed by atoms with E-state index in [1.807, 2.05) is 0 Å². The summed E-state index contributed by atoms with van der Waals surface area (Å²) in [7, 11) is 0. The minimum Gasteiger partial charge on any atom is -0.452 e. The number of hydrogen-bond acceptors (Lipinski definition) is 4. The zero-order chi connectivity index (χ0) is 21.9. The van der Waals surface area contributed by atoms with Gasteiger partial charge in [-0.2, -0.15) is 13.2 Å². The zero-order valence-corrected chi connectivity index (χ0v) is 15.7. The number of ether oxygens (including phenoxy) is 1. The van der Waals surface area contributed by atoms with Gasteiger partial charge in [0.25, 0.3) is 5.91 Å². The van der Waals surface area contributed by atoms with Crippen LogP contribution in [0.2, 0.25) is 0 Å². The number of benzene rings is 2. The summed E-state index contributed by atoms with van der Waals surface area (Å²) in [5.41, 5.74) is -0.952. The number of pyridine rings is 1. The summed E-state index contributed by atoms with van der Waals surface area (Å²) < 4.78 is 58.9. The normalized spacial score (nSPS) is 11.4. The van der Waals surface area contributed by atoms with E-state index in [1.54, 1.807) is 19.1 Å². The van der Waals surface area contributed by atoms with Gasteiger partial charge in [0, 0.05) is 18.1 Å². The van der Waals surface area contributed by atoms with Crippen LogP contribution < -0.4 is 5.32 Å². The molecule has 1 aromatic heterocycles. The third-order valence-corrected chi connectivity index (χ3v) is 4.34. The Balaban J connectivity index is 1.69. The first-order valence-electron chi connectivity index (χ1n) is 8.80. The van der Waals surface area contributed by atoms with E-state index in [-0.39, 0.29) is 17.4 Å². The maximum atomic E-state index is 13.6. The molecule has 0 bridgehead atoms. The molecule has 3 aromatic rings. The molecule has 5 nitrogen and oxygen atoms in total. The van der Waals surface area contributed by atoms with Crippen molar-refractivity contribution in [2.24, 2.45) is 0 Å². The number of hydrogen-bond donors (Lipinski definition) is 1. The number of aromatic nitrogens is 1. The van der Waals surface area contributed by atoms with Crippen LogP contribution in [0.4, 0.5) is 17.6 Å². The summed E-state index contributed by atoms with van der Waals surface area (Å²) in [6.45, 7) is 0.768. The number of para-hydroxylation sites is 1. The molecule has 0 saturated carbocycles. The Labute approximate surface area is 168 Å². The molecule has 30 heavy (non-hydrogen) atoms. The zero-order valence-electron chi connectivity index (χ0n) is 15.7. The third kappa shape index (κ3) is 4.73. The maximum absolute atomic E-state index is 13.6. The highest BCUT2D eigenvalue weighted by Crippen LogP contribution is 2.36. The Bertz CT molecular complexity index is 1110. The lowest BCUT2D eigenvalue weighted by atomic mass is 10.0. The highest BCUT2D eigenvalue weighted by Gasteiger charge is 2.38. The monoisotopic (exact) mass is 420 g/mol. The van der Waals surface area contributed by atoms with E-state index in [1.165, 1.54) is 30.3 Å². The van der Waals surface area contributed by atoms with Crippen molar-refractivity contribution >= 4 is 22.8 Å².